The smallest absolute Gasteiger partial charge is 0.252 e. The van der Waals surface area contributed by atoms with Crippen LogP contribution in [0, 0.1) is 12.7 Å². The van der Waals surface area contributed by atoms with Crippen LogP contribution in [0.25, 0.3) is 0 Å². The van der Waals surface area contributed by atoms with Gasteiger partial charge in [-0.15, -0.1) is 0 Å². The first-order valence-corrected chi connectivity index (χ1v) is 10.5. The van der Waals surface area contributed by atoms with Gasteiger partial charge in [-0.1, -0.05) is 6.07 Å². The molecule has 0 bridgehead atoms. The van der Waals surface area contributed by atoms with Crippen LogP contribution in [0.1, 0.15) is 21.5 Å². The molecule has 4 rings (SSSR count). The largest absolute Gasteiger partial charge is 0.380 e. The molecule has 1 aliphatic heterocycles. The van der Waals surface area contributed by atoms with E-state index in [2.05, 4.69) is 32.7 Å². The van der Waals surface area contributed by atoms with Crippen molar-refractivity contribution in [3.05, 3.63) is 77.2 Å². The third-order valence-corrected chi connectivity index (χ3v) is 5.27. The maximum absolute atomic E-state index is 13.7. The number of carbonyl (C=O) groups is 1. The number of ether oxygens (including phenoxy) is 1. The average molecular weight is 436 g/mol. The molecule has 32 heavy (non-hydrogen) atoms. The molecular formula is C24H26FN5O2. The Morgan fingerprint density at radius 3 is 2.59 bits per heavy atom. The number of nitrogens with zero attached hydrogens (tertiary/aromatic N) is 2. The number of anilines is 4. The third kappa shape index (κ3) is 5.33. The molecule has 1 fully saturated rings. The topological polar surface area (TPSA) is 92.5 Å². The number of nitrogens with one attached hydrogen (secondary N) is 2. The van der Waals surface area contributed by atoms with Crippen molar-refractivity contribution < 1.29 is 13.9 Å². The summed E-state index contributed by atoms with van der Waals surface area (Å²) in [7, 11) is 0. The van der Waals surface area contributed by atoms with Crippen molar-refractivity contribution in [3.63, 3.8) is 0 Å². The molecule has 3 aromatic rings. The maximum atomic E-state index is 13.7. The summed E-state index contributed by atoms with van der Waals surface area (Å²) in [5, 5.41) is 6.43. The number of halogens is 1. The molecule has 7 nitrogen and oxygen atoms in total. The number of nitrogens with two attached hydrogens (primary N) is 1. The van der Waals surface area contributed by atoms with Crippen molar-refractivity contribution in [3.8, 4) is 0 Å². The molecule has 8 heteroatoms. The van der Waals surface area contributed by atoms with Crippen molar-refractivity contribution >= 4 is 28.8 Å². The summed E-state index contributed by atoms with van der Waals surface area (Å²) in [6, 6.07) is 14.6. The van der Waals surface area contributed by atoms with Gasteiger partial charge in [0.1, 0.15) is 11.6 Å². The van der Waals surface area contributed by atoms with Gasteiger partial charge in [-0.25, -0.2) is 9.37 Å². The first kappa shape index (κ1) is 21.6. The van der Waals surface area contributed by atoms with Crippen molar-refractivity contribution in [1.82, 2.24) is 4.98 Å². The lowest BCUT2D eigenvalue weighted by Crippen LogP contribution is -2.36. The summed E-state index contributed by atoms with van der Waals surface area (Å²) < 4.78 is 19.1. The van der Waals surface area contributed by atoms with Crippen molar-refractivity contribution in [2.24, 2.45) is 5.73 Å². The number of benzene rings is 2. The lowest BCUT2D eigenvalue weighted by atomic mass is 10.1. The summed E-state index contributed by atoms with van der Waals surface area (Å²) in [6.45, 7) is 5.41. The molecule has 0 atom stereocenters. The number of aromatic nitrogens is 1. The Balaban J connectivity index is 1.48. The lowest BCUT2D eigenvalue weighted by Gasteiger charge is -2.28. The second-order valence-electron chi connectivity index (χ2n) is 7.74. The molecule has 1 aliphatic rings. The molecule has 1 aromatic heterocycles. The first-order valence-electron chi connectivity index (χ1n) is 10.5. The van der Waals surface area contributed by atoms with E-state index in [0.717, 1.165) is 48.8 Å². The molecular weight excluding hydrogens is 409 g/mol. The van der Waals surface area contributed by atoms with Crippen molar-refractivity contribution in [1.29, 1.82) is 0 Å². The van der Waals surface area contributed by atoms with Crippen LogP contribution in [0.2, 0.25) is 0 Å². The minimum Gasteiger partial charge on any atom is -0.380 e. The molecule has 4 N–H and O–H groups in total. The van der Waals surface area contributed by atoms with E-state index in [9.17, 15) is 9.18 Å². The normalized spacial score (nSPS) is 13.6. The van der Waals surface area contributed by atoms with Gasteiger partial charge >= 0.3 is 0 Å². The minimum absolute atomic E-state index is 0.270. The number of amides is 1. The van der Waals surface area contributed by atoms with Gasteiger partial charge in [-0.05, 0) is 54.4 Å². The Morgan fingerprint density at radius 2 is 1.91 bits per heavy atom. The van der Waals surface area contributed by atoms with E-state index in [1.807, 2.05) is 25.1 Å². The molecule has 0 spiro atoms. The van der Waals surface area contributed by atoms with E-state index in [1.165, 1.54) is 18.3 Å². The number of primary amides is 1. The Labute approximate surface area is 186 Å². The molecule has 0 saturated carbocycles. The number of rotatable bonds is 7. The molecule has 2 aromatic carbocycles. The molecule has 0 radical (unpaired) electrons. The Kier molecular flexibility index (Phi) is 6.51. The summed E-state index contributed by atoms with van der Waals surface area (Å²) in [5.41, 5.74) is 9.91. The highest BCUT2D eigenvalue weighted by Crippen LogP contribution is 2.24. The van der Waals surface area contributed by atoms with E-state index >= 15 is 0 Å². The molecule has 166 valence electrons. The second kappa shape index (κ2) is 9.65. The number of aryl methyl sites for hydroxylation is 1. The lowest BCUT2D eigenvalue weighted by molar-refractivity contribution is 0.100. The zero-order chi connectivity index (χ0) is 22.5. The molecule has 2 heterocycles. The van der Waals surface area contributed by atoms with Gasteiger partial charge in [0, 0.05) is 43.3 Å². The van der Waals surface area contributed by atoms with E-state index in [4.69, 9.17) is 10.5 Å². The van der Waals surface area contributed by atoms with Gasteiger partial charge in [-0.3, -0.25) is 4.79 Å². The predicted molar refractivity (Wildman–Crippen MR) is 124 cm³/mol. The van der Waals surface area contributed by atoms with E-state index < -0.39 is 5.91 Å². The van der Waals surface area contributed by atoms with Crippen molar-refractivity contribution in [2.45, 2.75) is 13.5 Å². The summed E-state index contributed by atoms with van der Waals surface area (Å²) in [5.74, 6) is -0.321. The Bertz CT molecular complexity index is 1080. The van der Waals surface area contributed by atoms with E-state index in [-0.39, 0.29) is 11.4 Å². The molecule has 0 unspecified atom stereocenters. The third-order valence-electron chi connectivity index (χ3n) is 5.27. The Hall–Kier alpha value is -3.65. The molecule has 0 aliphatic carbocycles. The van der Waals surface area contributed by atoms with Crippen LogP contribution in [0.5, 0.6) is 0 Å². The highest BCUT2D eigenvalue weighted by Gasteiger charge is 2.13. The predicted octanol–water partition coefficient (Wildman–Crippen LogP) is 3.82. The second-order valence-corrected chi connectivity index (χ2v) is 7.74. The van der Waals surface area contributed by atoms with Crippen LogP contribution in [-0.2, 0) is 11.3 Å². The monoisotopic (exact) mass is 435 g/mol. The van der Waals surface area contributed by atoms with Crippen LogP contribution in [-0.4, -0.2) is 37.2 Å². The fourth-order valence-corrected chi connectivity index (χ4v) is 3.70. The van der Waals surface area contributed by atoms with Crippen LogP contribution >= 0.6 is 0 Å². The minimum atomic E-state index is -0.586. The van der Waals surface area contributed by atoms with Crippen LogP contribution in [0.3, 0.4) is 0 Å². The van der Waals surface area contributed by atoms with Crippen molar-refractivity contribution in [2.75, 3.05) is 41.8 Å². The number of pyridine rings is 1. The van der Waals surface area contributed by atoms with Gasteiger partial charge in [0.2, 0.25) is 0 Å². The fourth-order valence-electron chi connectivity index (χ4n) is 3.70. The maximum Gasteiger partial charge on any atom is 0.252 e. The quantitative estimate of drug-likeness (QED) is 0.523. The van der Waals surface area contributed by atoms with Gasteiger partial charge in [0.25, 0.3) is 5.91 Å². The average Bonchev–Trinajstić information content (AvgIpc) is 2.78. The standard InChI is InChI=1S/C24H26FN5O2/c1-16-10-17(12-18(25)11-16)14-27-22-13-23(28-15-21(22)24(26)31)29-19-2-4-20(5-3-19)30-6-8-32-9-7-30/h2-5,10-13,15H,6-9,14H2,1H3,(H2,26,31)(H2,27,28,29). The van der Waals surface area contributed by atoms with E-state index in [0.29, 0.717) is 18.1 Å². The highest BCUT2D eigenvalue weighted by atomic mass is 19.1. The Morgan fingerprint density at radius 1 is 1.16 bits per heavy atom. The van der Waals surface area contributed by atoms with Gasteiger partial charge in [-0.2, -0.15) is 0 Å². The molecule has 1 amide bonds. The zero-order valence-electron chi connectivity index (χ0n) is 17.9. The first-order chi connectivity index (χ1) is 15.5. The zero-order valence-corrected chi connectivity index (χ0v) is 17.9. The van der Waals surface area contributed by atoms with E-state index in [1.54, 1.807) is 6.07 Å². The number of carbonyl (C=O) groups excluding carboxylic acids is 1. The number of hydrogen-bond acceptors (Lipinski definition) is 6. The number of hydrogen-bond donors (Lipinski definition) is 3. The summed E-state index contributed by atoms with van der Waals surface area (Å²) in [6.07, 6.45) is 1.44. The van der Waals surface area contributed by atoms with Crippen LogP contribution in [0.15, 0.2) is 54.7 Å². The number of morpholine rings is 1. The van der Waals surface area contributed by atoms with Gasteiger partial charge in [0.05, 0.1) is 24.5 Å². The molecule has 1 saturated heterocycles. The van der Waals surface area contributed by atoms with Crippen LogP contribution in [0.4, 0.5) is 27.3 Å². The summed E-state index contributed by atoms with van der Waals surface area (Å²) in [4.78, 5) is 18.4. The fraction of sp³-hybridized carbons (Fsp3) is 0.250. The van der Waals surface area contributed by atoms with Crippen LogP contribution < -0.4 is 21.3 Å². The van der Waals surface area contributed by atoms with Gasteiger partial charge < -0.3 is 26.0 Å². The summed E-state index contributed by atoms with van der Waals surface area (Å²) >= 11 is 0. The highest BCUT2D eigenvalue weighted by molar-refractivity contribution is 5.98. The SMILES string of the molecule is Cc1cc(F)cc(CNc2cc(Nc3ccc(N4CCOCC4)cc3)ncc2C(N)=O)c1. The van der Waals surface area contributed by atoms with Gasteiger partial charge in [0.15, 0.2) is 0 Å².